The van der Waals surface area contributed by atoms with E-state index in [1.54, 1.807) is 0 Å². The molecule has 1 heterocycles. The fourth-order valence-corrected chi connectivity index (χ4v) is 4.55. The SMILES string of the molecule is CC1(C)C(N)C1(c1cccs1)C1CC1. The van der Waals surface area contributed by atoms with Crippen molar-refractivity contribution in [3.8, 4) is 0 Å². The zero-order valence-corrected chi connectivity index (χ0v) is 9.60. The molecule has 2 N–H and O–H groups in total. The Morgan fingerprint density at radius 2 is 2.07 bits per heavy atom. The smallest absolute Gasteiger partial charge is 0.0298 e. The molecular weight excluding hydrogens is 190 g/mol. The summed E-state index contributed by atoms with van der Waals surface area (Å²) in [4.78, 5) is 1.53. The Balaban J connectivity index is 2.08. The van der Waals surface area contributed by atoms with E-state index in [0.717, 1.165) is 5.92 Å². The van der Waals surface area contributed by atoms with Crippen LogP contribution in [0, 0.1) is 11.3 Å². The lowest BCUT2D eigenvalue weighted by Gasteiger charge is -2.17. The molecule has 1 aromatic rings. The Morgan fingerprint density at radius 3 is 2.43 bits per heavy atom. The fraction of sp³-hybridized carbons (Fsp3) is 0.667. The number of rotatable bonds is 2. The number of nitrogens with two attached hydrogens (primary N) is 1. The van der Waals surface area contributed by atoms with E-state index in [0.29, 0.717) is 16.9 Å². The molecule has 2 aliphatic rings. The third kappa shape index (κ3) is 0.801. The lowest BCUT2D eigenvalue weighted by Crippen LogP contribution is -2.20. The van der Waals surface area contributed by atoms with Crippen molar-refractivity contribution in [3.63, 3.8) is 0 Å². The maximum absolute atomic E-state index is 6.32. The van der Waals surface area contributed by atoms with E-state index in [1.165, 1.54) is 17.7 Å². The van der Waals surface area contributed by atoms with Crippen LogP contribution in [0.15, 0.2) is 17.5 Å². The first-order chi connectivity index (χ1) is 6.62. The van der Waals surface area contributed by atoms with Gasteiger partial charge in [-0.1, -0.05) is 19.9 Å². The van der Waals surface area contributed by atoms with Gasteiger partial charge in [0.15, 0.2) is 0 Å². The summed E-state index contributed by atoms with van der Waals surface area (Å²) in [5, 5.41) is 2.18. The first kappa shape index (κ1) is 8.93. The molecule has 3 rings (SSSR count). The molecule has 2 aliphatic carbocycles. The average Bonchev–Trinajstić information content (AvgIpc) is 2.93. The standard InChI is InChI=1S/C12H17NS/c1-11(2)10(13)12(11,8-5-6-8)9-4-3-7-14-9/h3-4,7-8,10H,5-6,13H2,1-2H3. The van der Waals surface area contributed by atoms with E-state index in [2.05, 4.69) is 31.4 Å². The van der Waals surface area contributed by atoms with E-state index >= 15 is 0 Å². The highest BCUT2D eigenvalue weighted by atomic mass is 32.1. The van der Waals surface area contributed by atoms with Gasteiger partial charge < -0.3 is 5.73 Å². The lowest BCUT2D eigenvalue weighted by atomic mass is 9.89. The second kappa shape index (κ2) is 2.42. The Morgan fingerprint density at radius 1 is 1.43 bits per heavy atom. The van der Waals surface area contributed by atoms with Crippen LogP contribution in [0.4, 0.5) is 0 Å². The average molecular weight is 207 g/mol. The highest BCUT2D eigenvalue weighted by Crippen LogP contribution is 2.72. The minimum atomic E-state index is 0.318. The van der Waals surface area contributed by atoms with Crippen molar-refractivity contribution >= 4 is 11.3 Å². The lowest BCUT2D eigenvalue weighted by molar-refractivity contribution is 0.455. The van der Waals surface area contributed by atoms with Gasteiger partial charge in [0.25, 0.3) is 0 Å². The van der Waals surface area contributed by atoms with Crippen LogP contribution in [-0.2, 0) is 5.41 Å². The summed E-state index contributed by atoms with van der Waals surface area (Å²) in [6, 6.07) is 4.81. The topological polar surface area (TPSA) is 26.0 Å². The van der Waals surface area contributed by atoms with Crippen LogP contribution < -0.4 is 5.73 Å². The largest absolute Gasteiger partial charge is 0.326 e. The first-order valence-corrected chi connectivity index (χ1v) is 6.29. The molecular formula is C12H17NS. The maximum Gasteiger partial charge on any atom is 0.0298 e. The van der Waals surface area contributed by atoms with E-state index in [-0.39, 0.29) is 0 Å². The van der Waals surface area contributed by atoms with Crippen molar-refractivity contribution in [2.45, 2.75) is 38.1 Å². The van der Waals surface area contributed by atoms with Crippen molar-refractivity contribution < 1.29 is 0 Å². The third-order valence-corrected chi connectivity index (χ3v) is 5.42. The molecule has 0 aliphatic heterocycles. The van der Waals surface area contributed by atoms with Gasteiger partial charge in [-0.05, 0) is 35.6 Å². The van der Waals surface area contributed by atoms with Gasteiger partial charge in [-0.15, -0.1) is 11.3 Å². The van der Waals surface area contributed by atoms with Crippen LogP contribution in [0.5, 0.6) is 0 Å². The number of thiophene rings is 1. The molecule has 14 heavy (non-hydrogen) atoms. The highest BCUT2D eigenvalue weighted by Gasteiger charge is 2.75. The van der Waals surface area contributed by atoms with E-state index < -0.39 is 0 Å². The van der Waals surface area contributed by atoms with Crippen LogP contribution >= 0.6 is 11.3 Å². The summed E-state index contributed by atoms with van der Waals surface area (Å²) in [6.07, 6.45) is 2.77. The molecule has 0 bridgehead atoms. The summed E-state index contributed by atoms with van der Waals surface area (Å²) < 4.78 is 0. The fourth-order valence-electron chi connectivity index (χ4n) is 3.34. The quantitative estimate of drug-likeness (QED) is 0.793. The summed E-state index contributed by atoms with van der Waals surface area (Å²) in [5.41, 5.74) is 6.97. The molecule has 1 aromatic heterocycles. The minimum absolute atomic E-state index is 0.318. The Bertz CT molecular complexity index is 350. The van der Waals surface area contributed by atoms with E-state index in [9.17, 15) is 0 Å². The molecule has 0 spiro atoms. The minimum Gasteiger partial charge on any atom is -0.326 e. The van der Waals surface area contributed by atoms with Gasteiger partial charge in [0.1, 0.15) is 0 Å². The molecule has 1 nitrogen and oxygen atoms in total. The van der Waals surface area contributed by atoms with Crippen molar-refractivity contribution in [2.24, 2.45) is 17.1 Å². The second-order valence-electron chi connectivity index (χ2n) is 5.32. The van der Waals surface area contributed by atoms with Crippen LogP contribution in [0.25, 0.3) is 0 Å². The Labute approximate surface area is 89.3 Å². The molecule has 76 valence electrons. The first-order valence-electron chi connectivity index (χ1n) is 5.41. The molecule has 2 unspecified atom stereocenters. The van der Waals surface area contributed by atoms with Crippen molar-refractivity contribution in [1.82, 2.24) is 0 Å². The maximum atomic E-state index is 6.32. The summed E-state index contributed by atoms with van der Waals surface area (Å²) in [7, 11) is 0. The molecule has 0 aromatic carbocycles. The van der Waals surface area contributed by atoms with E-state index in [1.807, 2.05) is 11.3 Å². The van der Waals surface area contributed by atoms with Gasteiger partial charge in [0, 0.05) is 16.3 Å². The van der Waals surface area contributed by atoms with Gasteiger partial charge in [-0.2, -0.15) is 0 Å². The number of hydrogen-bond donors (Lipinski definition) is 1. The normalized spacial score (nSPS) is 39.8. The number of hydrogen-bond acceptors (Lipinski definition) is 2. The van der Waals surface area contributed by atoms with Gasteiger partial charge in [-0.25, -0.2) is 0 Å². The molecule has 2 fully saturated rings. The summed E-state index contributed by atoms with van der Waals surface area (Å²) >= 11 is 1.89. The van der Waals surface area contributed by atoms with Crippen LogP contribution in [0.2, 0.25) is 0 Å². The molecule has 0 radical (unpaired) electrons. The van der Waals surface area contributed by atoms with Crippen LogP contribution in [-0.4, -0.2) is 6.04 Å². The van der Waals surface area contributed by atoms with Crippen LogP contribution in [0.1, 0.15) is 31.6 Å². The van der Waals surface area contributed by atoms with Crippen molar-refractivity contribution in [3.05, 3.63) is 22.4 Å². The zero-order chi connectivity index (χ0) is 9.97. The molecule has 2 heteroatoms. The molecule has 0 saturated heterocycles. The highest BCUT2D eigenvalue weighted by molar-refractivity contribution is 7.10. The predicted molar refractivity (Wildman–Crippen MR) is 60.5 cm³/mol. The van der Waals surface area contributed by atoms with Gasteiger partial charge in [0.05, 0.1) is 0 Å². The van der Waals surface area contributed by atoms with Gasteiger partial charge >= 0.3 is 0 Å². The summed E-state index contributed by atoms with van der Waals surface area (Å²) in [5.74, 6) is 0.867. The monoisotopic (exact) mass is 207 g/mol. The summed E-state index contributed by atoms with van der Waals surface area (Å²) in [6.45, 7) is 4.66. The van der Waals surface area contributed by atoms with Crippen LogP contribution in [0.3, 0.4) is 0 Å². The Kier molecular flexibility index (Phi) is 1.54. The predicted octanol–water partition coefficient (Wildman–Crippen LogP) is 2.76. The third-order valence-electron chi connectivity index (χ3n) is 4.40. The molecule has 2 atom stereocenters. The molecule has 0 amide bonds. The van der Waals surface area contributed by atoms with Crippen molar-refractivity contribution in [1.29, 1.82) is 0 Å². The molecule has 2 saturated carbocycles. The van der Waals surface area contributed by atoms with Gasteiger partial charge in [-0.3, -0.25) is 0 Å². The van der Waals surface area contributed by atoms with Gasteiger partial charge in [0.2, 0.25) is 0 Å². The second-order valence-corrected chi connectivity index (χ2v) is 6.27. The zero-order valence-electron chi connectivity index (χ0n) is 8.79. The Hall–Kier alpha value is -0.340. The van der Waals surface area contributed by atoms with Crippen molar-refractivity contribution in [2.75, 3.05) is 0 Å². The van der Waals surface area contributed by atoms with E-state index in [4.69, 9.17) is 5.73 Å².